The van der Waals surface area contributed by atoms with E-state index in [0.29, 0.717) is 19.7 Å². The van der Waals surface area contributed by atoms with Gasteiger partial charge in [0.05, 0.1) is 12.5 Å². The summed E-state index contributed by atoms with van der Waals surface area (Å²) in [5, 5.41) is 3.03. The summed E-state index contributed by atoms with van der Waals surface area (Å²) in [5.41, 5.74) is 1.17. The highest BCUT2D eigenvalue weighted by Gasteiger charge is 2.28. The molecule has 6 nitrogen and oxygen atoms in total. The van der Waals surface area contributed by atoms with Crippen molar-refractivity contribution < 1.29 is 14.3 Å². The predicted octanol–water partition coefficient (Wildman–Crippen LogP) is 2.53. The van der Waals surface area contributed by atoms with Gasteiger partial charge in [-0.25, -0.2) is 4.79 Å². The number of piperidine rings is 1. The maximum absolute atomic E-state index is 12.4. The van der Waals surface area contributed by atoms with E-state index in [0.717, 1.165) is 38.0 Å². The second-order valence-electron chi connectivity index (χ2n) is 6.90. The fourth-order valence-electron chi connectivity index (χ4n) is 3.29. The van der Waals surface area contributed by atoms with Crippen molar-refractivity contribution in [1.82, 2.24) is 15.1 Å². The molecule has 0 radical (unpaired) electrons. The van der Waals surface area contributed by atoms with Gasteiger partial charge < -0.3 is 19.9 Å². The van der Waals surface area contributed by atoms with E-state index in [2.05, 4.69) is 11.4 Å². The minimum Gasteiger partial charge on any atom is -0.494 e. The van der Waals surface area contributed by atoms with Gasteiger partial charge in [-0.1, -0.05) is 18.2 Å². The number of rotatable bonds is 7. The van der Waals surface area contributed by atoms with E-state index in [1.165, 1.54) is 5.56 Å². The monoisotopic (exact) mass is 361 g/mol. The van der Waals surface area contributed by atoms with Crippen LogP contribution in [0, 0.1) is 5.92 Å². The first kappa shape index (κ1) is 20.1. The summed E-state index contributed by atoms with van der Waals surface area (Å²) < 4.78 is 5.64. The standard InChI is InChI=1S/C20H31N3O3/c1-4-26-18-12-6-5-9-16(18)10-7-13-21-19(24)17-11-8-14-23(15-17)20(25)22(2)3/h5-6,9,12,17H,4,7-8,10-11,13-15H2,1-3H3,(H,21,24). The zero-order valence-electron chi connectivity index (χ0n) is 16.2. The van der Waals surface area contributed by atoms with Crippen molar-refractivity contribution in [2.75, 3.05) is 40.3 Å². The van der Waals surface area contributed by atoms with Crippen molar-refractivity contribution in [2.45, 2.75) is 32.6 Å². The van der Waals surface area contributed by atoms with Crippen molar-refractivity contribution in [3.63, 3.8) is 0 Å². The molecule has 1 atom stereocenters. The number of benzene rings is 1. The van der Waals surface area contributed by atoms with E-state index in [-0.39, 0.29) is 17.9 Å². The molecule has 1 aliphatic rings. The number of hydrogen-bond donors (Lipinski definition) is 1. The SMILES string of the molecule is CCOc1ccccc1CCCNC(=O)C1CCCN(C(=O)N(C)C)C1. The van der Waals surface area contributed by atoms with Gasteiger partial charge in [-0.3, -0.25) is 4.79 Å². The molecule has 144 valence electrons. The van der Waals surface area contributed by atoms with E-state index < -0.39 is 0 Å². The Hall–Kier alpha value is -2.24. The molecular formula is C20H31N3O3. The molecular weight excluding hydrogens is 330 g/mol. The van der Waals surface area contributed by atoms with Gasteiger partial charge in [0.1, 0.15) is 5.75 Å². The summed E-state index contributed by atoms with van der Waals surface area (Å²) >= 11 is 0. The van der Waals surface area contributed by atoms with Crippen molar-refractivity contribution >= 4 is 11.9 Å². The van der Waals surface area contributed by atoms with Crippen LogP contribution in [0.25, 0.3) is 0 Å². The predicted molar refractivity (Wildman–Crippen MR) is 102 cm³/mol. The Morgan fingerprint density at radius 1 is 1.31 bits per heavy atom. The fourth-order valence-corrected chi connectivity index (χ4v) is 3.29. The summed E-state index contributed by atoms with van der Waals surface area (Å²) in [4.78, 5) is 27.8. The number of hydrogen-bond acceptors (Lipinski definition) is 3. The molecule has 0 saturated carbocycles. The van der Waals surface area contributed by atoms with Crippen LogP contribution in [0.3, 0.4) is 0 Å². The van der Waals surface area contributed by atoms with Gasteiger partial charge in [-0.2, -0.15) is 0 Å². The number of carbonyl (C=O) groups is 2. The van der Waals surface area contributed by atoms with Crippen LogP contribution in [0.15, 0.2) is 24.3 Å². The van der Waals surface area contributed by atoms with Crippen molar-refractivity contribution in [3.8, 4) is 5.75 Å². The number of urea groups is 1. The van der Waals surface area contributed by atoms with Crippen LogP contribution < -0.4 is 10.1 Å². The highest BCUT2D eigenvalue weighted by Crippen LogP contribution is 2.20. The summed E-state index contributed by atoms with van der Waals surface area (Å²) in [6.07, 6.45) is 3.45. The third-order valence-electron chi connectivity index (χ3n) is 4.64. The van der Waals surface area contributed by atoms with Crippen molar-refractivity contribution in [3.05, 3.63) is 29.8 Å². The van der Waals surface area contributed by atoms with Crippen molar-refractivity contribution in [2.24, 2.45) is 5.92 Å². The Labute approximate surface area is 156 Å². The summed E-state index contributed by atoms with van der Waals surface area (Å²) in [5.74, 6) is 0.870. The molecule has 1 aromatic carbocycles. The summed E-state index contributed by atoms with van der Waals surface area (Å²) in [6.45, 7) is 4.51. The van der Waals surface area contributed by atoms with Crippen LogP contribution in [-0.2, 0) is 11.2 Å². The number of nitrogens with zero attached hydrogens (tertiary/aromatic N) is 2. The van der Waals surface area contributed by atoms with E-state index in [9.17, 15) is 9.59 Å². The van der Waals surface area contributed by atoms with Crippen LogP contribution in [0.1, 0.15) is 31.7 Å². The molecule has 1 unspecified atom stereocenters. The van der Waals surface area contributed by atoms with Gasteiger partial charge in [0.25, 0.3) is 0 Å². The van der Waals surface area contributed by atoms with Crippen LogP contribution in [0.4, 0.5) is 4.79 Å². The molecule has 1 saturated heterocycles. The lowest BCUT2D eigenvalue weighted by atomic mass is 9.97. The first-order valence-corrected chi connectivity index (χ1v) is 9.47. The number of nitrogens with one attached hydrogen (secondary N) is 1. The second-order valence-corrected chi connectivity index (χ2v) is 6.90. The highest BCUT2D eigenvalue weighted by molar-refractivity contribution is 5.80. The van der Waals surface area contributed by atoms with Crippen LogP contribution in [0.5, 0.6) is 5.75 Å². The smallest absolute Gasteiger partial charge is 0.319 e. The Bertz CT molecular complexity index is 604. The average Bonchev–Trinajstić information content (AvgIpc) is 2.65. The maximum Gasteiger partial charge on any atom is 0.319 e. The van der Waals surface area contributed by atoms with Gasteiger partial charge in [-0.15, -0.1) is 0 Å². The third kappa shape index (κ3) is 5.64. The molecule has 3 amide bonds. The molecule has 0 aliphatic carbocycles. The van der Waals surface area contributed by atoms with E-state index in [4.69, 9.17) is 4.74 Å². The number of carbonyl (C=O) groups excluding carboxylic acids is 2. The lowest BCUT2D eigenvalue weighted by Gasteiger charge is -2.33. The average molecular weight is 361 g/mol. The molecule has 1 aliphatic heterocycles. The Morgan fingerprint density at radius 3 is 2.81 bits per heavy atom. The first-order valence-electron chi connectivity index (χ1n) is 9.47. The van der Waals surface area contributed by atoms with Gasteiger partial charge in [0.15, 0.2) is 0 Å². The topological polar surface area (TPSA) is 61.9 Å². The summed E-state index contributed by atoms with van der Waals surface area (Å²) in [6, 6.07) is 8.01. The van der Waals surface area contributed by atoms with Gasteiger partial charge in [0.2, 0.25) is 5.91 Å². The van der Waals surface area contributed by atoms with E-state index in [1.54, 1.807) is 23.9 Å². The van der Waals surface area contributed by atoms with Gasteiger partial charge in [-0.05, 0) is 44.2 Å². The minimum atomic E-state index is -0.108. The highest BCUT2D eigenvalue weighted by atomic mass is 16.5. The number of amides is 3. The lowest BCUT2D eigenvalue weighted by molar-refractivity contribution is -0.126. The van der Waals surface area contributed by atoms with E-state index >= 15 is 0 Å². The number of aryl methyl sites for hydroxylation is 1. The first-order chi connectivity index (χ1) is 12.5. The van der Waals surface area contributed by atoms with Gasteiger partial charge >= 0.3 is 6.03 Å². The molecule has 6 heteroatoms. The van der Waals surface area contributed by atoms with Crippen molar-refractivity contribution in [1.29, 1.82) is 0 Å². The number of ether oxygens (including phenoxy) is 1. The van der Waals surface area contributed by atoms with E-state index in [1.807, 2.05) is 25.1 Å². The zero-order valence-corrected chi connectivity index (χ0v) is 16.2. The molecule has 1 fully saturated rings. The molecule has 2 rings (SSSR count). The zero-order chi connectivity index (χ0) is 18.9. The van der Waals surface area contributed by atoms with Crippen LogP contribution >= 0.6 is 0 Å². The largest absolute Gasteiger partial charge is 0.494 e. The molecule has 26 heavy (non-hydrogen) atoms. The molecule has 0 spiro atoms. The minimum absolute atomic E-state index is 0.0185. The summed E-state index contributed by atoms with van der Waals surface area (Å²) in [7, 11) is 3.48. The normalized spacial score (nSPS) is 16.9. The fraction of sp³-hybridized carbons (Fsp3) is 0.600. The second kappa shape index (κ2) is 10.0. The Balaban J connectivity index is 1.76. The van der Waals surface area contributed by atoms with Crippen LogP contribution in [-0.4, -0.2) is 62.1 Å². The Kier molecular flexibility index (Phi) is 7.75. The number of likely N-dealkylation sites (tertiary alicyclic amines) is 1. The Morgan fingerprint density at radius 2 is 2.08 bits per heavy atom. The quantitative estimate of drug-likeness (QED) is 0.759. The lowest BCUT2D eigenvalue weighted by Crippen LogP contribution is -2.48. The molecule has 1 N–H and O–H groups in total. The van der Waals surface area contributed by atoms with Gasteiger partial charge in [0, 0.05) is 33.7 Å². The van der Waals surface area contributed by atoms with Crippen LogP contribution in [0.2, 0.25) is 0 Å². The maximum atomic E-state index is 12.4. The number of para-hydroxylation sites is 1. The third-order valence-corrected chi connectivity index (χ3v) is 4.64. The molecule has 0 aromatic heterocycles. The molecule has 1 aromatic rings. The molecule has 1 heterocycles. The molecule has 0 bridgehead atoms.